The summed E-state index contributed by atoms with van der Waals surface area (Å²) in [5, 5.41) is 12.7. The van der Waals surface area contributed by atoms with Gasteiger partial charge >= 0.3 is 0 Å². The molecule has 1 amide bonds. The van der Waals surface area contributed by atoms with E-state index in [0.29, 0.717) is 23.7 Å². The lowest BCUT2D eigenvalue weighted by molar-refractivity contribution is -0.123. The van der Waals surface area contributed by atoms with Crippen LogP contribution in [0.5, 0.6) is 5.75 Å². The van der Waals surface area contributed by atoms with Crippen LogP contribution in [0, 0.1) is 0 Å². The fourth-order valence-electron chi connectivity index (χ4n) is 2.48. The summed E-state index contributed by atoms with van der Waals surface area (Å²) in [4.78, 5) is 11.8. The molecule has 2 rings (SSSR count). The molecule has 1 atom stereocenters. The second-order valence-corrected chi connectivity index (χ2v) is 5.94. The lowest BCUT2D eigenvalue weighted by atomic mass is 9.93. The maximum absolute atomic E-state index is 11.8. The third-order valence-electron chi connectivity index (χ3n) is 3.75. The van der Waals surface area contributed by atoms with Gasteiger partial charge in [0, 0.05) is 18.2 Å². The van der Waals surface area contributed by atoms with Gasteiger partial charge in [-0.2, -0.15) is 0 Å². The first kappa shape index (κ1) is 18.3. The predicted molar refractivity (Wildman–Crippen MR) is 95.5 cm³/mol. The Morgan fingerprint density at radius 1 is 1.08 bits per heavy atom. The van der Waals surface area contributed by atoms with Gasteiger partial charge in [-0.3, -0.25) is 4.79 Å². The van der Waals surface area contributed by atoms with Crippen LogP contribution in [0.2, 0.25) is 5.02 Å². The van der Waals surface area contributed by atoms with Crippen molar-refractivity contribution in [3.8, 4) is 5.75 Å². The van der Waals surface area contributed by atoms with Crippen LogP contribution in [0.25, 0.3) is 0 Å². The maximum atomic E-state index is 11.8. The fraction of sp³-hybridized carbons (Fsp3) is 0.316. The summed E-state index contributed by atoms with van der Waals surface area (Å²) in [6.45, 7) is 0.646. The molecule has 0 aliphatic heterocycles. The largest absolute Gasteiger partial charge is 0.484 e. The number of aliphatic hydroxyl groups is 1. The monoisotopic (exact) mass is 347 g/mol. The summed E-state index contributed by atoms with van der Waals surface area (Å²) >= 11 is 5.80. The van der Waals surface area contributed by atoms with E-state index in [0.717, 1.165) is 6.42 Å². The second-order valence-electron chi connectivity index (χ2n) is 5.50. The van der Waals surface area contributed by atoms with E-state index < -0.39 is 0 Å². The number of carbonyl (C=O) groups is 1. The maximum Gasteiger partial charge on any atom is 0.257 e. The zero-order valence-electron chi connectivity index (χ0n) is 13.5. The van der Waals surface area contributed by atoms with E-state index in [1.165, 1.54) is 5.56 Å². The molecule has 0 fully saturated rings. The minimum absolute atomic E-state index is 0.0301. The Kier molecular flexibility index (Phi) is 7.59. The molecule has 0 saturated carbocycles. The van der Waals surface area contributed by atoms with Crippen molar-refractivity contribution in [2.24, 2.45) is 0 Å². The van der Waals surface area contributed by atoms with Gasteiger partial charge in [0.05, 0.1) is 0 Å². The van der Waals surface area contributed by atoms with Crippen LogP contribution in [0.4, 0.5) is 0 Å². The van der Waals surface area contributed by atoms with Gasteiger partial charge in [0.1, 0.15) is 5.75 Å². The number of amides is 1. The van der Waals surface area contributed by atoms with Gasteiger partial charge in [-0.15, -0.1) is 0 Å². The van der Waals surface area contributed by atoms with Gasteiger partial charge in [0.2, 0.25) is 0 Å². The van der Waals surface area contributed by atoms with E-state index in [1.54, 1.807) is 24.3 Å². The van der Waals surface area contributed by atoms with Crippen LogP contribution < -0.4 is 10.1 Å². The number of halogens is 1. The van der Waals surface area contributed by atoms with Crippen molar-refractivity contribution in [2.45, 2.75) is 18.8 Å². The summed E-state index contributed by atoms with van der Waals surface area (Å²) in [5.74, 6) is 0.673. The topological polar surface area (TPSA) is 58.6 Å². The molecule has 0 unspecified atom stereocenters. The average molecular weight is 348 g/mol. The molecule has 0 radical (unpaired) electrons. The van der Waals surface area contributed by atoms with Crippen molar-refractivity contribution in [2.75, 3.05) is 19.8 Å². The summed E-state index contributed by atoms with van der Waals surface area (Å²) in [5.41, 5.74) is 1.18. The molecule has 5 heteroatoms. The first-order valence-electron chi connectivity index (χ1n) is 8.00. The molecular weight excluding hydrogens is 326 g/mol. The Morgan fingerprint density at radius 3 is 2.46 bits per heavy atom. The van der Waals surface area contributed by atoms with Crippen LogP contribution in [0.1, 0.15) is 24.3 Å². The number of hydrogen-bond donors (Lipinski definition) is 2. The Hall–Kier alpha value is -2.04. The molecule has 0 aromatic heterocycles. The van der Waals surface area contributed by atoms with Crippen molar-refractivity contribution in [1.82, 2.24) is 5.32 Å². The van der Waals surface area contributed by atoms with Gasteiger partial charge in [0.15, 0.2) is 6.61 Å². The lowest BCUT2D eigenvalue weighted by Gasteiger charge is -2.16. The standard InChI is InChI=1S/C19H22ClNO3/c20-17-6-8-18(9-7-17)24-14-19(23)21-12-10-16(11-13-22)15-4-2-1-3-5-15/h1-9,16,22H,10-14H2,(H,21,23)/t16-/m0/s1. The van der Waals surface area contributed by atoms with Crippen molar-refractivity contribution in [1.29, 1.82) is 0 Å². The average Bonchev–Trinajstić information content (AvgIpc) is 2.61. The van der Waals surface area contributed by atoms with E-state index >= 15 is 0 Å². The van der Waals surface area contributed by atoms with E-state index in [4.69, 9.17) is 16.3 Å². The second kappa shape index (κ2) is 9.96. The summed E-state index contributed by atoms with van der Waals surface area (Å²) < 4.78 is 5.40. The predicted octanol–water partition coefficient (Wildman–Crippen LogP) is 3.39. The van der Waals surface area contributed by atoms with E-state index in [9.17, 15) is 9.90 Å². The molecular formula is C19H22ClNO3. The third-order valence-corrected chi connectivity index (χ3v) is 4.00. The Balaban J connectivity index is 1.73. The van der Waals surface area contributed by atoms with Crippen molar-refractivity contribution in [3.05, 3.63) is 65.2 Å². The summed E-state index contributed by atoms with van der Waals surface area (Å²) in [7, 11) is 0. The fourth-order valence-corrected chi connectivity index (χ4v) is 2.60. The van der Waals surface area contributed by atoms with Gasteiger partial charge in [-0.25, -0.2) is 0 Å². The highest BCUT2D eigenvalue weighted by molar-refractivity contribution is 6.30. The number of hydrogen-bond acceptors (Lipinski definition) is 3. The molecule has 4 nitrogen and oxygen atoms in total. The van der Waals surface area contributed by atoms with Crippen LogP contribution in [0.15, 0.2) is 54.6 Å². The van der Waals surface area contributed by atoms with Crippen molar-refractivity contribution in [3.63, 3.8) is 0 Å². The number of ether oxygens (including phenoxy) is 1. The number of rotatable bonds is 9. The first-order chi connectivity index (χ1) is 11.7. The van der Waals surface area contributed by atoms with E-state index in [2.05, 4.69) is 5.32 Å². The number of nitrogens with one attached hydrogen (secondary N) is 1. The van der Waals surface area contributed by atoms with Crippen LogP contribution in [-0.4, -0.2) is 30.8 Å². The Labute approximate surface area is 147 Å². The molecule has 0 aliphatic carbocycles. The summed E-state index contributed by atoms with van der Waals surface area (Å²) in [6, 6.07) is 16.9. The van der Waals surface area contributed by atoms with Crippen LogP contribution in [0.3, 0.4) is 0 Å². The van der Waals surface area contributed by atoms with Gasteiger partial charge in [-0.1, -0.05) is 41.9 Å². The molecule has 0 saturated heterocycles. The zero-order chi connectivity index (χ0) is 17.2. The van der Waals surface area contributed by atoms with Crippen molar-refractivity contribution >= 4 is 17.5 Å². The Bertz CT molecular complexity index is 616. The van der Waals surface area contributed by atoms with Crippen LogP contribution in [-0.2, 0) is 4.79 Å². The zero-order valence-corrected chi connectivity index (χ0v) is 14.2. The summed E-state index contributed by atoms with van der Waals surface area (Å²) in [6.07, 6.45) is 1.46. The normalized spacial score (nSPS) is 11.8. The smallest absolute Gasteiger partial charge is 0.257 e. The molecule has 2 N–H and O–H groups in total. The van der Waals surface area contributed by atoms with Crippen molar-refractivity contribution < 1.29 is 14.6 Å². The molecule has 0 aliphatic rings. The first-order valence-corrected chi connectivity index (χ1v) is 8.37. The molecule has 2 aromatic carbocycles. The number of benzene rings is 2. The molecule has 0 heterocycles. The van der Waals surface area contributed by atoms with E-state index in [1.807, 2.05) is 30.3 Å². The number of aliphatic hydroxyl groups excluding tert-OH is 1. The highest BCUT2D eigenvalue weighted by atomic mass is 35.5. The quantitative estimate of drug-likeness (QED) is 0.731. The van der Waals surface area contributed by atoms with E-state index in [-0.39, 0.29) is 25.0 Å². The highest BCUT2D eigenvalue weighted by Crippen LogP contribution is 2.22. The van der Waals surface area contributed by atoms with Gasteiger partial charge in [0.25, 0.3) is 5.91 Å². The SMILES string of the molecule is O=C(COc1ccc(Cl)cc1)NCC[C@@H](CCO)c1ccccc1. The molecule has 24 heavy (non-hydrogen) atoms. The molecule has 0 spiro atoms. The number of carbonyl (C=O) groups excluding carboxylic acids is 1. The minimum Gasteiger partial charge on any atom is -0.484 e. The van der Waals surface area contributed by atoms with Gasteiger partial charge < -0.3 is 15.2 Å². The van der Waals surface area contributed by atoms with Crippen LogP contribution >= 0.6 is 11.6 Å². The minimum atomic E-state index is -0.166. The Morgan fingerprint density at radius 2 is 1.79 bits per heavy atom. The van der Waals surface area contributed by atoms with Gasteiger partial charge in [-0.05, 0) is 48.6 Å². The third kappa shape index (κ3) is 6.22. The molecule has 128 valence electrons. The lowest BCUT2D eigenvalue weighted by Crippen LogP contribution is -2.30. The molecule has 2 aromatic rings. The highest BCUT2D eigenvalue weighted by Gasteiger charge is 2.11. The molecule has 0 bridgehead atoms.